The molecule has 138 valence electrons. The van der Waals surface area contributed by atoms with Gasteiger partial charge in [-0.3, -0.25) is 4.79 Å². The molecule has 1 aromatic heterocycles. The van der Waals surface area contributed by atoms with Crippen LogP contribution in [0.2, 0.25) is 5.02 Å². The van der Waals surface area contributed by atoms with E-state index in [9.17, 15) is 14.0 Å². The Bertz CT molecular complexity index is 959. The van der Waals surface area contributed by atoms with Gasteiger partial charge in [-0.15, -0.1) is 0 Å². The number of halogens is 2. The average Bonchev–Trinajstić information content (AvgIpc) is 3.19. The normalized spacial score (nSPS) is 11.7. The first-order valence-electron chi connectivity index (χ1n) is 8.01. The molecule has 0 aliphatic carbocycles. The van der Waals surface area contributed by atoms with E-state index in [4.69, 9.17) is 16.3 Å². The summed E-state index contributed by atoms with van der Waals surface area (Å²) >= 11 is 5.67. The van der Waals surface area contributed by atoms with Crippen LogP contribution in [-0.2, 0) is 9.53 Å². The second-order valence-corrected chi connectivity index (χ2v) is 6.07. The van der Waals surface area contributed by atoms with Crippen molar-refractivity contribution >= 4 is 29.2 Å². The molecule has 6 nitrogen and oxygen atoms in total. The second-order valence-electron chi connectivity index (χ2n) is 5.66. The van der Waals surface area contributed by atoms with Crippen molar-refractivity contribution in [3.63, 3.8) is 0 Å². The molecule has 0 saturated carbocycles. The van der Waals surface area contributed by atoms with Crippen molar-refractivity contribution in [1.82, 2.24) is 9.78 Å². The van der Waals surface area contributed by atoms with Crippen molar-refractivity contribution in [2.45, 2.75) is 13.0 Å². The van der Waals surface area contributed by atoms with E-state index in [-0.39, 0.29) is 5.02 Å². The molecule has 0 bridgehead atoms. The van der Waals surface area contributed by atoms with E-state index in [1.165, 1.54) is 19.1 Å². The van der Waals surface area contributed by atoms with E-state index in [0.717, 1.165) is 11.8 Å². The number of carbonyl (C=O) groups excluding carboxylic acids is 2. The van der Waals surface area contributed by atoms with E-state index >= 15 is 0 Å². The predicted octanol–water partition coefficient (Wildman–Crippen LogP) is 3.85. The van der Waals surface area contributed by atoms with Crippen LogP contribution in [0.15, 0.2) is 60.9 Å². The summed E-state index contributed by atoms with van der Waals surface area (Å²) in [5, 5.41) is 6.50. The van der Waals surface area contributed by atoms with E-state index < -0.39 is 23.8 Å². The lowest BCUT2D eigenvalue weighted by molar-refractivity contribution is -0.123. The van der Waals surface area contributed by atoms with Crippen LogP contribution in [0, 0.1) is 5.82 Å². The van der Waals surface area contributed by atoms with Crippen LogP contribution >= 0.6 is 11.6 Å². The molecule has 2 aromatic carbocycles. The molecule has 0 aliphatic heterocycles. The lowest BCUT2D eigenvalue weighted by atomic mass is 10.2. The molecule has 0 aliphatic rings. The standard InChI is InChI=1S/C19H15ClFN3O3/c1-12(18(25)23-14-5-8-17(21)16(20)11-14)27-19(26)13-3-6-15(7-4-13)24-10-2-9-22-24/h2-12H,1H3,(H,23,25)/t12-/m0/s1. The van der Waals surface area contributed by atoms with Gasteiger partial charge in [-0.2, -0.15) is 5.10 Å². The number of amides is 1. The maximum Gasteiger partial charge on any atom is 0.338 e. The van der Waals surface area contributed by atoms with Crippen molar-refractivity contribution in [3.05, 3.63) is 77.3 Å². The summed E-state index contributed by atoms with van der Waals surface area (Å²) in [4.78, 5) is 24.4. The Hall–Kier alpha value is -3.19. The van der Waals surface area contributed by atoms with Gasteiger partial charge < -0.3 is 10.1 Å². The molecule has 1 atom stereocenters. The van der Waals surface area contributed by atoms with Crippen molar-refractivity contribution in [1.29, 1.82) is 0 Å². The van der Waals surface area contributed by atoms with Crippen LogP contribution in [0.1, 0.15) is 17.3 Å². The van der Waals surface area contributed by atoms with Crippen LogP contribution in [0.3, 0.4) is 0 Å². The van der Waals surface area contributed by atoms with Crippen LogP contribution in [0.5, 0.6) is 0 Å². The number of nitrogens with zero attached hydrogens (tertiary/aromatic N) is 2. The van der Waals surface area contributed by atoms with Gasteiger partial charge in [0, 0.05) is 18.1 Å². The minimum absolute atomic E-state index is 0.116. The molecule has 3 rings (SSSR count). The molecule has 3 aromatic rings. The maximum atomic E-state index is 13.2. The highest BCUT2D eigenvalue weighted by Crippen LogP contribution is 2.19. The van der Waals surface area contributed by atoms with Crippen LogP contribution in [-0.4, -0.2) is 27.8 Å². The zero-order chi connectivity index (χ0) is 19.4. The first-order valence-corrected chi connectivity index (χ1v) is 8.39. The minimum Gasteiger partial charge on any atom is -0.449 e. The van der Waals surface area contributed by atoms with Gasteiger partial charge in [0.15, 0.2) is 6.10 Å². The van der Waals surface area contributed by atoms with E-state index in [0.29, 0.717) is 11.3 Å². The van der Waals surface area contributed by atoms with Gasteiger partial charge in [0.25, 0.3) is 5.91 Å². The fourth-order valence-electron chi connectivity index (χ4n) is 2.27. The summed E-state index contributed by atoms with van der Waals surface area (Å²) in [6, 6.07) is 12.2. The zero-order valence-corrected chi connectivity index (χ0v) is 15.0. The Morgan fingerprint density at radius 1 is 1.22 bits per heavy atom. The number of ether oxygens (including phenoxy) is 1. The number of benzene rings is 2. The summed E-state index contributed by atoms with van der Waals surface area (Å²) in [5.41, 5.74) is 1.39. The van der Waals surface area contributed by atoms with Crippen molar-refractivity contribution in [2.24, 2.45) is 0 Å². The predicted molar refractivity (Wildman–Crippen MR) is 98.5 cm³/mol. The van der Waals surface area contributed by atoms with Crippen molar-refractivity contribution < 1.29 is 18.7 Å². The molecule has 0 saturated heterocycles. The van der Waals surface area contributed by atoms with Crippen LogP contribution < -0.4 is 5.32 Å². The van der Waals surface area contributed by atoms with E-state index in [1.54, 1.807) is 47.4 Å². The Kier molecular flexibility index (Phi) is 5.52. The third-order valence-corrected chi connectivity index (χ3v) is 4.00. The van der Waals surface area contributed by atoms with Gasteiger partial charge in [-0.05, 0) is 55.5 Å². The molecule has 1 N–H and O–H groups in total. The number of nitrogens with one attached hydrogen (secondary N) is 1. The Morgan fingerprint density at radius 2 is 1.96 bits per heavy atom. The maximum absolute atomic E-state index is 13.2. The quantitative estimate of drug-likeness (QED) is 0.675. The third kappa shape index (κ3) is 4.51. The van der Waals surface area contributed by atoms with Crippen LogP contribution in [0.4, 0.5) is 10.1 Å². The number of aromatic nitrogens is 2. The number of carbonyl (C=O) groups is 2. The summed E-state index contributed by atoms with van der Waals surface area (Å²) in [7, 11) is 0. The number of rotatable bonds is 5. The number of hydrogen-bond acceptors (Lipinski definition) is 4. The van der Waals surface area contributed by atoms with Gasteiger partial charge in [-0.1, -0.05) is 11.6 Å². The summed E-state index contributed by atoms with van der Waals surface area (Å²) in [5.74, 6) is -1.78. The minimum atomic E-state index is -1.05. The molecule has 27 heavy (non-hydrogen) atoms. The monoisotopic (exact) mass is 387 g/mol. The first kappa shape index (κ1) is 18.6. The molecule has 0 spiro atoms. The topological polar surface area (TPSA) is 73.2 Å². The lowest BCUT2D eigenvalue weighted by Gasteiger charge is -2.14. The highest BCUT2D eigenvalue weighted by Gasteiger charge is 2.19. The first-order chi connectivity index (χ1) is 12.9. The smallest absolute Gasteiger partial charge is 0.338 e. The summed E-state index contributed by atoms with van der Waals surface area (Å²) in [6.45, 7) is 1.44. The molecule has 0 unspecified atom stereocenters. The second kappa shape index (κ2) is 8.01. The number of esters is 1. The summed E-state index contributed by atoms with van der Waals surface area (Å²) < 4.78 is 20.0. The van der Waals surface area contributed by atoms with Crippen LogP contribution in [0.25, 0.3) is 5.69 Å². The highest BCUT2D eigenvalue weighted by molar-refractivity contribution is 6.31. The van der Waals surface area contributed by atoms with Gasteiger partial charge in [0.2, 0.25) is 0 Å². The van der Waals surface area contributed by atoms with Crippen molar-refractivity contribution in [2.75, 3.05) is 5.32 Å². The zero-order valence-electron chi connectivity index (χ0n) is 14.2. The third-order valence-electron chi connectivity index (χ3n) is 3.71. The van der Waals surface area contributed by atoms with Gasteiger partial charge in [0.1, 0.15) is 5.82 Å². The Balaban J connectivity index is 1.61. The van der Waals surface area contributed by atoms with E-state index in [1.807, 2.05) is 0 Å². The lowest BCUT2D eigenvalue weighted by Crippen LogP contribution is -2.30. The number of hydrogen-bond donors (Lipinski definition) is 1. The molecular formula is C19H15ClFN3O3. The summed E-state index contributed by atoms with van der Waals surface area (Å²) in [6.07, 6.45) is 2.38. The highest BCUT2D eigenvalue weighted by atomic mass is 35.5. The molecular weight excluding hydrogens is 373 g/mol. The van der Waals surface area contributed by atoms with Crippen molar-refractivity contribution in [3.8, 4) is 5.69 Å². The molecule has 8 heteroatoms. The molecule has 0 fully saturated rings. The SMILES string of the molecule is C[C@H](OC(=O)c1ccc(-n2cccn2)cc1)C(=O)Nc1ccc(F)c(Cl)c1. The molecule has 1 heterocycles. The Labute approximate surface area is 159 Å². The molecule has 0 radical (unpaired) electrons. The molecule has 1 amide bonds. The number of anilines is 1. The van der Waals surface area contributed by atoms with Gasteiger partial charge in [-0.25, -0.2) is 13.9 Å². The van der Waals surface area contributed by atoms with Gasteiger partial charge >= 0.3 is 5.97 Å². The Morgan fingerprint density at radius 3 is 2.59 bits per heavy atom. The largest absolute Gasteiger partial charge is 0.449 e. The van der Waals surface area contributed by atoms with Gasteiger partial charge in [0.05, 0.1) is 16.3 Å². The average molecular weight is 388 g/mol. The fraction of sp³-hybridized carbons (Fsp3) is 0.105. The fourth-order valence-corrected chi connectivity index (χ4v) is 2.45. The van der Waals surface area contributed by atoms with E-state index in [2.05, 4.69) is 10.4 Å².